The Balaban J connectivity index is 1.99. The molecule has 0 atom stereocenters. The molecule has 2 rings (SSSR count). The molecule has 1 aliphatic rings. The Kier molecular flexibility index (Phi) is 4.19. The van der Waals surface area contributed by atoms with Crippen molar-refractivity contribution in [3.8, 4) is 5.75 Å². The van der Waals surface area contributed by atoms with Crippen molar-refractivity contribution in [1.29, 1.82) is 0 Å². The van der Waals surface area contributed by atoms with Gasteiger partial charge in [0.15, 0.2) is 0 Å². The lowest BCUT2D eigenvalue weighted by molar-refractivity contribution is -0.385. The fraction of sp³-hybridized carbons (Fsp3) is 0.500. The number of hydrogen-bond donors (Lipinski definition) is 1. The number of nitro groups is 1. The Bertz CT molecular complexity index is 447. The van der Waals surface area contributed by atoms with E-state index in [0.717, 1.165) is 19.4 Å². The molecule has 1 fully saturated rings. The van der Waals surface area contributed by atoms with Crippen molar-refractivity contribution in [3.63, 3.8) is 0 Å². The molecule has 18 heavy (non-hydrogen) atoms. The molecule has 0 bridgehead atoms. The van der Waals surface area contributed by atoms with E-state index in [2.05, 4.69) is 28.2 Å². The van der Waals surface area contributed by atoms with Gasteiger partial charge >= 0.3 is 0 Å². The summed E-state index contributed by atoms with van der Waals surface area (Å²) in [5, 5.41) is 14.1. The molecule has 0 saturated heterocycles. The van der Waals surface area contributed by atoms with Gasteiger partial charge in [-0.25, -0.2) is 0 Å². The summed E-state index contributed by atoms with van der Waals surface area (Å²) >= 11 is 3.23. The second-order valence-corrected chi connectivity index (χ2v) is 5.11. The largest absolute Gasteiger partial charge is 0.489 e. The second-order valence-electron chi connectivity index (χ2n) is 4.31. The van der Waals surface area contributed by atoms with Crippen molar-refractivity contribution in [2.24, 2.45) is 0 Å². The molecule has 0 aliphatic heterocycles. The first kappa shape index (κ1) is 13.3. The number of nitrogens with zero attached hydrogens (tertiary/aromatic N) is 1. The van der Waals surface area contributed by atoms with E-state index >= 15 is 0 Å². The molecular weight excluding hydrogens is 300 g/mol. The van der Waals surface area contributed by atoms with Crippen LogP contribution in [0.1, 0.15) is 19.8 Å². The van der Waals surface area contributed by atoms with Gasteiger partial charge in [0.1, 0.15) is 16.3 Å². The number of nitrogens with one attached hydrogen (secondary N) is 1. The van der Waals surface area contributed by atoms with Gasteiger partial charge in [-0.1, -0.05) is 13.0 Å². The van der Waals surface area contributed by atoms with E-state index in [1.807, 2.05) is 0 Å². The van der Waals surface area contributed by atoms with Gasteiger partial charge in [0, 0.05) is 12.1 Å². The van der Waals surface area contributed by atoms with Crippen LogP contribution in [0.4, 0.5) is 5.69 Å². The highest BCUT2D eigenvalue weighted by Crippen LogP contribution is 2.36. The zero-order chi connectivity index (χ0) is 13.1. The first-order valence-corrected chi connectivity index (χ1v) is 6.74. The molecule has 0 amide bonds. The maximum absolute atomic E-state index is 10.8. The van der Waals surface area contributed by atoms with Crippen molar-refractivity contribution < 1.29 is 9.66 Å². The van der Waals surface area contributed by atoms with Crippen molar-refractivity contribution >= 4 is 21.6 Å². The summed E-state index contributed by atoms with van der Waals surface area (Å²) in [6, 6.07) is 5.35. The summed E-state index contributed by atoms with van der Waals surface area (Å²) < 4.78 is 6.18. The summed E-state index contributed by atoms with van der Waals surface area (Å²) in [4.78, 5) is 10.4. The van der Waals surface area contributed by atoms with Crippen LogP contribution in [0.3, 0.4) is 0 Å². The second kappa shape index (κ2) is 5.67. The van der Waals surface area contributed by atoms with Crippen LogP contribution in [0.5, 0.6) is 5.75 Å². The van der Waals surface area contributed by atoms with Crippen LogP contribution in [-0.4, -0.2) is 23.6 Å². The fourth-order valence-electron chi connectivity index (χ4n) is 2.03. The summed E-state index contributed by atoms with van der Waals surface area (Å²) in [6.45, 7) is 3.03. The third-order valence-corrected chi connectivity index (χ3v) is 3.82. The average Bonchev–Trinajstić information content (AvgIpc) is 2.28. The highest BCUT2D eigenvalue weighted by Gasteiger charge is 2.31. The Labute approximate surface area is 114 Å². The molecule has 0 radical (unpaired) electrons. The van der Waals surface area contributed by atoms with Gasteiger partial charge in [-0.05, 0) is 41.4 Å². The van der Waals surface area contributed by atoms with Crippen LogP contribution in [-0.2, 0) is 0 Å². The lowest BCUT2D eigenvalue weighted by Gasteiger charge is -2.35. The molecule has 0 heterocycles. The van der Waals surface area contributed by atoms with Gasteiger partial charge < -0.3 is 10.1 Å². The van der Waals surface area contributed by atoms with Crippen molar-refractivity contribution in [1.82, 2.24) is 5.32 Å². The van der Waals surface area contributed by atoms with Gasteiger partial charge in [-0.2, -0.15) is 0 Å². The highest BCUT2D eigenvalue weighted by molar-refractivity contribution is 9.10. The van der Waals surface area contributed by atoms with Gasteiger partial charge in [0.2, 0.25) is 0 Å². The molecule has 0 aromatic heterocycles. The summed E-state index contributed by atoms with van der Waals surface area (Å²) in [7, 11) is 0. The minimum absolute atomic E-state index is 0.0371. The van der Waals surface area contributed by atoms with E-state index in [-0.39, 0.29) is 11.8 Å². The Morgan fingerprint density at radius 3 is 2.89 bits per heavy atom. The summed E-state index contributed by atoms with van der Waals surface area (Å²) in [6.07, 6.45) is 2.04. The Morgan fingerprint density at radius 1 is 1.56 bits per heavy atom. The number of hydrogen-bond acceptors (Lipinski definition) is 4. The highest BCUT2D eigenvalue weighted by atomic mass is 79.9. The van der Waals surface area contributed by atoms with E-state index in [1.165, 1.54) is 6.07 Å². The SMILES string of the molecule is CCNC1CC(Oc2cccc([N+](=O)[O-])c2Br)C1. The van der Waals surface area contributed by atoms with Gasteiger partial charge in [-0.15, -0.1) is 0 Å². The van der Waals surface area contributed by atoms with Crippen LogP contribution < -0.4 is 10.1 Å². The number of benzene rings is 1. The number of nitro benzene ring substituents is 1. The molecule has 1 aliphatic carbocycles. The molecule has 0 unspecified atom stereocenters. The van der Waals surface area contributed by atoms with Crippen molar-refractivity contribution in [2.45, 2.75) is 31.9 Å². The van der Waals surface area contributed by atoms with Gasteiger partial charge in [0.05, 0.1) is 4.92 Å². The van der Waals surface area contributed by atoms with E-state index < -0.39 is 4.92 Å². The third-order valence-electron chi connectivity index (χ3n) is 3.02. The van der Waals surface area contributed by atoms with Crippen LogP contribution in [0.25, 0.3) is 0 Å². The molecule has 0 spiro atoms. The fourth-order valence-corrected chi connectivity index (χ4v) is 2.53. The number of rotatable bonds is 5. The van der Waals surface area contributed by atoms with Crippen LogP contribution >= 0.6 is 15.9 Å². The Morgan fingerprint density at radius 2 is 2.28 bits per heavy atom. The Hall–Kier alpha value is -1.14. The third kappa shape index (κ3) is 2.81. The van der Waals surface area contributed by atoms with Crippen LogP contribution in [0.2, 0.25) is 0 Å². The molecule has 1 aromatic rings. The molecule has 1 aromatic carbocycles. The van der Waals surface area contributed by atoms with E-state index in [0.29, 0.717) is 16.3 Å². The molecular formula is C12H15BrN2O3. The van der Waals surface area contributed by atoms with E-state index in [4.69, 9.17) is 4.74 Å². The van der Waals surface area contributed by atoms with Crippen LogP contribution in [0, 0.1) is 10.1 Å². The quantitative estimate of drug-likeness (QED) is 0.670. The lowest BCUT2D eigenvalue weighted by Crippen LogP contribution is -2.46. The molecule has 98 valence electrons. The van der Waals surface area contributed by atoms with Crippen molar-refractivity contribution in [2.75, 3.05) is 6.54 Å². The number of halogens is 1. The molecule has 6 heteroatoms. The topological polar surface area (TPSA) is 64.4 Å². The average molecular weight is 315 g/mol. The minimum Gasteiger partial charge on any atom is -0.489 e. The number of ether oxygens (including phenoxy) is 1. The first-order valence-electron chi connectivity index (χ1n) is 5.94. The molecule has 1 saturated carbocycles. The monoisotopic (exact) mass is 314 g/mol. The zero-order valence-corrected chi connectivity index (χ0v) is 11.6. The normalized spacial score (nSPS) is 22.3. The standard InChI is InChI=1S/C12H15BrN2O3/c1-2-14-8-6-9(7-8)18-11-5-3-4-10(12(11)13)15(16)17/h3-5,8-9,14H,2,6-7H2,1H3. The molecule has 5 nitrogen and oxygen atoms in total. The van der Waals surface area contributed by atoms with Gasteiger partial charge in [0.25, 0.3) is 5.69 Å². The summed E-state index contributed by atoms with van der Waals surface area (Å²) in [5.74, 6) is 0.546. The predicted molar refractivity (Wildman–Crippen MR) is 71.9 cm³/mol. The molecule has 1 N–H and O–H groups in total. The van der Waals surface area contributed by atoms with Crippen molar-refractivity contribution in [3.05, 3.63) is 32.8 Å². The predicted octanol–water partition coefficient (Wildman–Crippen LogP) is 2.88. The first-order chi connectivity index (χ1) is 8.61. The van der Waals surface area contributed by atoms with Crippen LogP contribution in [0.15, 0.2) is 22.7 Å². The zero-order valence-electron chi connectivity index (χ0n) is 10.1. The smallest absolute Gasteiger partial charge is 0.287 e. The van der Waals surface area contributed by atoms with E-state index in [9.17, 15) is 10.1 Å². The minimum atomic E-state index is -0.418. The summed E-state index contributed by atoms with van der Waals surface area (Å²) in [5.41, 5.74) is 0.0371. The maximum Gasteiger partial charge on any atom is 0.287 e. The van der Waals surface area contributed by atoms with Gasteiger partial charge in [-0.3, -0.25) is 10.1 Å². The maximum atomic E-state index is 10.8. The lowest BCUT2D eigenvalue weighted by atomic mass is 9.89. The van der Waals surface area contributed by atoms with E-state index in [1.54, 1.807) is 12.1 Å².